The summed E-state index contributed by atoms with van der Waals surface area (Å²) in [7, 11) is 0. The van der Waals surface area contributed by atoms with Gasteiger partial charge in [0.25, 0.3) is 0 Å². The predicted octanol–water partition coefficient (Wildman–Crippen LogP) is 5.25. The third kappa shape index (κ3) is 15.9. The lowest BCUT2D eigenvalue weighted by Crippen LogP contribution is -1.89. The first-order chi connectivity index (χ1) is 7.07. The van der Waals surface area contributed by atoms with Crippen LogP contribution in [0.5, 0.6) is 0 Å². The molecule has 0 aromatic carbocycles. The van der Waals surface area contributed by atoms with E-state index >= 15 is 0 Å². The van der Waals surface area contributed by atoms with Crippen LogP contribution in [0.4, 0.5) is 0 Å². The van der Waals surface area contributed by atoms with E-state index in [9.17, 15) is 0 Å². The van der Waals surface area contributed by atoms with Gasteiger partial charge in [-0.1, -0.05) is 61.6 Å². The van der Waals surface area contributed by atoms with Gasteiger partial charge in [-0.3, -0.25) is 4.99 Å². The maximum absolute atomic E-state index is 4.18. The van der Waals surface area contributed by atoms with Gasteiger partial charge in [0.1, 0.15) is 0 Å². The molecule has 0 rings (SSSR count). The highest BCUT2D eigenvalue weighted by Gasteiger charge is 1.94. The molecule has 1 heteroatoms. The van der Waals surface area contributed by atoms with Crippen LogP contribution in [-0.4, -0.2) is 6.21 Å². The fraction of sp³-hybridized carbons (Fsp3) is 0.643. The van der Waals surface area contributed by atoms with E-state index in [4.69, 9.17) is 0 Å². The van der Waals surface area contributed by atoms with Crippen LogP contribution in [0.1, 0.15) is 54.9 Å². The van der Waals surface area contributed by atoms with E-state index in [0.717, 1.165) is 17.7 Å². The van der Waals surface area contributed by atoms with Gasteiger partial charge in [0.2, 0.25) is 0 Å². The monoisotopic (exact) mass is 211 g/mol. The molecule has 0 atom stereocenters. The second-order valence-electron chi connectivity index (χ2n) is 2.92. The molecule has 0 aliphatic heterocycles. The summed E-state index contributed by atoms with van der Waals surface area (Å²) in [5, 5.41) is 0. The minimum absolute atomic E-state index is 0.427. The molecule has 15 heavy (non-hydrogen) atoms. The molecule has 0 radical (unpaired) electrons. The Morgan fingerprint density at radius 2 is 1.53 bits per heavy atom. The highest BCUT2D eigenvalue weighted by molar-refractivity contribution is 5.78. The quantitative estimate of drug-likeness (QED) is 0.563. The molecule has 90 valence electrons. The van der Waals surface area contributed by atoms with Crippen molar-refractivity contribution < 1.29 is 0 Å². The molecule has 0 bridgehead atoms. The van der Waals surface area contributed by atoms with Crippen molar-refractivity contribution in [3.63, 3.8) is 0 Å². The Labute approximate surface area is 97.0 Å². The SMILES string of the molecule is C=C(C=NC(=C)C(C)C)CC.CC.CC. The van der Waals surface area contributed by atoms with Crippen LogP contribution in [0.25, 0.3) is 0 Å². The lowest BCUT2D eigenvalue weighted by Gasteiger charge is -2.01. The Morgan fingerprint density at radius 3 is 1.80 bits per heavy atom. The van der Waals surface area contributed by atoms with E-state index < -0.39 is 0 Å². The minimum atomic E-state index is 0.427. The van der Waals surface area contributed by atoms with E-state index in [2.05, 4.69) is 38.9 Å². The van der Waals surface area contributed by atoms with Gasteiger partial charge in [-0.15, -0.1) is 0 Å². The topological polar surface area (TPSA) is 12.4 Å². The Bertz CT molecular complexity index is 176. The molecule has 0 spiro atoms. The fourth-order valence-electron chi connectivity index (χ4n) is 0.415. The highest BCUT2D eigenvalue weighted by atomic mass is 14.7. The summed E-state index contributed by atoms with van der Waals surface area (Å²) in [4.78, 5) is 4.18. The Kier molecular flexibility index (Phi) is 20.5. The number of allylic oxidation sites excluding steroid dienone is 2. The molecule has 0 aliphatic rings. The van der Waals surface area contributed by atoms with Crippen LogP contribution in [0.2, 0.25) is 0 Å². The summed E-state index contributed by atoms with van der Waals surface area (Å²) in [5.74, 6) is 0.427. The maximum atomic E-state index is 4.18. The lowest BCUT2D eigenvalue weighted by atomic mass is 10.2. The second-order valence-corrected chi connectivity index (χ2v) is 2.92. The van der Waals surface area contributed by atoms with Gasteiger partial charge in [0.05, 0.1) is 0 Å². The summed E-state index contributed by atoms with van der Waals surface area (Å²) in [5.41, 5.74) is 1.96. The summed E-state index contributed by atoms with van der Waals surface area (Å²) in [6.07, 6.45) is 2.75. The minimum Gasteiger partial charge on any atom is -0.261 e. The smallest absolute Gasteiger partial charge is 0.0357 e. The molecule has 0 aromatic heterocycles. The number of nitrogens with zero attached hydrogens (tertiary/aromatic N) is 1. The van der Waals surface area contributed by atoms with E-state index in [0.29, 0.717) is 5.92 Å². The Morgan fingerprint density at radius 1 is 1.13 bits per heavy atom. The van der Waals surface area contributed by atoms with Crippen LogP contribution in [0.15, 0.2) is 29.4 Å². The number of hydrogen-bond acceptors (Lipinski definition) is 1. The van der Waals surface area contributed by atoms with Gasteiger partial charge in [0.15, 0.2) is 0 Å². The van der Waals surface area contributed by atoms with Crippen molar-refractivity contribution in [2.24, 2.45) is 10.9 Å². The van der Waals surface area contributed by atoms with Crippen LogP contribution >= 0.6 is 0 Å². The van der Waals surface area contributed by atoms with Crippen molar-refractivity contribution in [3.05, 3.63) is 24.4 Å². The first kappa shape index (κ1) is 19.7. The van der Waals surface area contributed by atoms with Gasteiger partial charge in [-0.25, -0.2) is 0 Å². The molecule has 0 saturated carbocycles. The lowest BCUT2D eigenvalue weighted by molar-refractivity contribution is 0.763. The predicted molar refractivity (Wildman–Crippen MR) is 74.6 cm³/mol. The van der Waals surface area contributed by atoms with Gasteiger partial charge in [-0.2, -0.15) is 0 Å². The van der Waals surface area contributed by atoms with Gasteiger partial charge in [-0.05, 0) is 17.9 Å². The molecule has 0 amide bonds. The summed E-state index contributed by atoms with van der Waals surface area (Å²) < 4.78 is 0. The summed E-state index contributed by atoms with van der Waals surface area (Å²) in [6, 6.07) is 0. The normalized spacial score (nSPS) is 8.80. The molecule has 0 fully saturated rings. The average molecular weight is 211 g/mol. The Balaban J connectivity index is -0.000000318. The van der Waals surface area contributed by atoms with Crippen LogP contribution in [-0.2, 0) is 0 Å². The molecular formula is C14H29N. The molecular weight excluding hydrogens is 182 g/mol. The molecule has 0 heterocycles. The van der Waals surface area contributed by atoms with Gasteiger partial charge < -0.3 is 0 Å². The average Bonchev–Trinajstić information content (AvgIpc) is 2.30. The Hall–Kier alpha value is -0.850. The second kappa shape index (κ2) is 15.6. The molecule has 1 nitrogen and oxygen atoms in total. The van der Waals surface area contributed by atoms with Gasteiger partial charge >= 0.3 is 0 Å². The molecule has 0 N–H and O–H groups in total. The van der Waals surface area contributed by atoms with E-state index in [1.807, 2.05) is 27.7 Å². The summed E-state index contributed by atoms with van der Waals surface area (Å²) >= 11 is 0. The van der Waals surface area contributed by atoms with Crippen molar-refractivity contribution in [2.45, 2.75) is 54.9 Å². The first-order valence-electron chi connectivity index (χ1n) is 5.98. The van der Waals surface area contributed by atoms with Crippen molar-refractivity contribution in [2.75, 3.05) is 0 Å². The zero-order valence-corrected chi connectivity index (χ0v) is 11.7. The standard InChI is InChI=1S/C10H17N.2C2H6/c1-6-9(4)7-11-10(5)8(2)3;2*1-2/h7-8H,4-6H2,1-3H3;2*1-2H3. The maximum Gasteiger partial charge on any atom is 0.0357 e. The van der Waals surface area contributed by atoms with Crippen LogP contribution < -0.4 is 0 Å². The van der Waals surface area contributed by atoms with E-state index in [-0.39, 0.29) is 0 Å². The molecule has 0 unspecified atom stereocenters. The van der Waals surface area contributed by atoms with Crippen molar-refractivity contribution in [3.8, 4) is 0 Å². The highest BCUT2D eigenvalue weighted by Crippen LogP contribution is 2.07. The molecule has 0 aliphatic carbocycles. The largest absolute Gasteiger partial charge is 0.261 e. The third-order valence-corrected chi connectivity index (χ3v) is 1.53. The number of rotatable bonds is 4. The van der Waals surface area contributed by atoms with Crippen LogP contribution in [0.3, 0.4) is 0 Å². The molecule has 0 saturated heterocycles. The summed E-state index contributed by atoms with van der Waals surface area (Å²) in [6.45, 7) is 21.9. The van der Waals surface area contributed by atoms with Crippen molar-refractivity contribution in [1.82, 2.24) is 0 Å². The van der Waals surface area contributed by atoms with Crippen molar-refractivity contribution in [1.29, 1.82) is 0 Å². The number of hydrogen-bond donors (Lipinski definition) is 0. The van der Waals surface area contributed by atoms with E-state index in [1.165, 1.54) is 0 Å². The first-order valence-corrected chi connectivity index (χ1v) is 5.98. The fourth-order valence-corrected chi connectivity index (χ4v) is 0.415. The van der Waals surface area contributed by atoms with Crippen molar-refractivity contribution >= 4 is 6.21 Å². The van der Waals surface area contributed by atoms with Crippen LogP contribution in [0, 0.1) is 5.92 Å². The third-order valence-electron chi connectivity index (χ3n) is 1.53. The zero-order chi connectivity index (χ0) is 12.9. The van der Waals surface area contributed by atoms with Gasteiger partial charge in [0, 0.05) is 11.9 Å². The van der Waals surface area contributed by atoms with E-state index in [1.54, 1.807) is 6.21 Å². The molecule has 0 aromatic rings. The zero-order valence-electron chi connectivity index (χ0n) is 11.7. The number of aliphatic imine (C=N–C) groups is 1.